The van der Waals surface area contributed by atoms with Gasteiger partial charge in [0.1, 0.15) is 0 Å². The number of esters is 1. The van der Waals surface area contributed by atoms with Gasteiger partial charge < -0.3 is 4.74 Å². The Bertz CT molecular complexity index is 395. The monoisotopic (exact) mass is 288 g/mol. The van der Waals surface area contributed by atoms with Crippen LogP contribution in [0.5, 0.6) is 0 Å². The van der Waals surface area contributed by atoms with Crippen LogP contribution >= 0.6 is 0 Å². The molecule has 21 heavy (non-hydrogen) atoms. The molecule has 1 aromatic rings. The van der Waals surface area contributed by atoms with Crippen molar-refractivity contribution in [2.45, 2.75) is 64.7 Å². The van der Waals surface area contributed by atoms with E-state index in [1.165, 1.54) is 57.6 Å². The molecule has 0 radical (unpaired) electrons. The number of unbranched alkanes of at least 4 members (excludes halogenated alkanes) is 8. The molecule has 0 fully saturated rings. The Kier molecular flexibility index (Phi) is 10.1. The maximum Gasteiger partial charge on any atom is 0.342 e. The highest BCUT2D eigenvalue weighted by Crippen LogP contribution is 2.10. The fourth-order valence-electron chi connectivity index (χ4n) is 2.22. The molecule has 0 saturated carbocycles. The second kappa shape index (κ2) is 12.2. The molecule has 0 unspecified atom stereocenters. The molecule has 0 aliphatic rings. The Morgan fingerprint density at radius 2 is 1.57 bits per heavy atom. The molecule has 116 valence electrons. The van der Waals surface area contributed by atoms with Crippen molar-refractivity contribution < 1.29 is 9.53 Å². The molecule has 1 rings (SSSR count). The second-order valence-electron chi connectivity index (χ2n) is 5.41. The number of carbonyl (C=O) groups excluding carboxylic acids is 1. The smallest absolute Gasteiger partial charge is 0.342 e. The Hall–Kier alpha value is -1.57. The molecule has 0 spiro atoms. The number of carbonyl (C=O) groups is 1. The number of allylic oxidation sites excluding steroid dienone is 1. The molecule has 0 heterocycles. The maximum absolute atomic E-state index is 11.6. The van der Waals surface area contributed by atoms with Crippen LogP contribution in [0.4, 0.5) is 0 Å². The second-order valence-corrected chi connectivity index (χ2v) is 5.41. The summed E-state index contributed by atoms with van der Waals surface area (Å²) < 4.78 is 5.08. The third-order valence-electron chi connectivity index (χ3n) is 3.51. The van der Waals surface area contributed by atoms with E-state index in [1.54, 1.807) is 12.1 Å². The Morgan fingerprint density at radius 1 is 0.952 bits per heavy atom. The van der Waals surface area contributed by atoms with Crippen molar-refractivity contribution in [2.75, 3.05) is 0 Å². The number of ether oxygens (including phenoxy) is 1. The lowest BCUT2D eigenvalue weighted by Gasteiger charge is -2.00. The van der Waals surface area contributed by atoms with Gasteiger partial charge in [-0.15, -0.1) is 0 Å². The van der Waals surface area contributed by atoms with Crippen molar-refractivity contribution in [1.29, 1.82) is 0 Å². The van der Waals surface area contributed by atoms with Gasteiger partial charge in [-0.05, 0) is 31.1 Å². The van der Waals surface area contributed by atoms with Gasteiger partial charge in [-0.2, -0.15) is 0 Å². The van der Waals surface area contributed by atoms with Crippen molar-refractivity contribution in [3.05, 3.63) is 48.2 Å². The van der Waals surface area contributed by atoms with Crippen LogP contribution in [0.1, 0.15) is 75.1 Å². The van der Waals surface area contributed by atoms with Crippen LogP contribution in [0, 0.1) is 0 Å². The first-order chi connectivity index (χ1) is 10.3. The van der Waals surface area contributed by atoms with Crippen LogP contribution in [0.3, 0.4) is 0 Å². The molecule has 0 aliphatic heterocycles. The predicted molar refractivity (Wildman–Crippen MR) is 88.2 cm³/mol. The average molecular weight is 288 g/mol. The van der Waals surface area contributed by atoms with Gasteiger partial charge in [0.15, 0.2) is 0 Å². The molecule has 2 nitrogen and oxygen atoms in total. The van der Waals surface area contributed by atoms with Gasteiger partial charge >= 0.3 is 5.97 Å². The minimum Gasteiger partial charge on any atom is -0.431 e. The lowest BCUT2D eigenvalue weighted by Crippen LogP contribution is -1.99. The van der Waals surface area contributed by atoms with Crippen LogP contribution in [-0.2, 0) is 4.74 Å². The first-order valence-corrected chi connectivity index (χ1v) is 8.25. The average Bonchev–Trinajstić information content (AvgIpc) is 2.53. The highest BCUT2D eigenvalue weighted by molar-refractivity contribution is 5.89. The third kappa shape index (κ3) is 9.06. The molecule has 0 aromatic heterocycles. The summed E-state index contributed by atoms with van der Waals surface area (Å²) in [6.45, 7) is 2.25. The van der Waals surface area contributed by atoms with Crippen molar-refractivity contribution in [3.8, 4) is 0 Å². The van der Waals surface area contributed by atoms with Crippen molar-refractivity contribution >= 4 is 5.97 Å². The molecule has 0 aliphatic carbocycles. The number of hydrogen-bond donors (Lipinski definition) is 0. The zero-order valence-electron chi connectivity index (χ0n) is 13.2. The lowest BCUT2D eigenvalue weighted by atomic mass is 10.1. The first-order valence-electron chi connectivity index (χ1n) is 8.25. The number of benzene rings is 1. The summed E-state index contributed by atoms with van der Waals surface area (Å²) in [7, 11) is 0. The van der Waals surface area contributed by atoms with E-state index in [-0.39, 0.29) is 5.97 Å². The maximum atomic E-state index is 11.6. The fraction of sp³-hybridized carbons (Fsp3) is 0.526. The molecule has 0 atom stereocenters. The van der Waals surface area contributed by atoms with E-state index in [9.17, 15) is 4.79 Å². The number of rotatable bonds is 11. The molecular formula is C19H28O2. The molecule has 1 aromatic carbocycles. The normalized spacial score (nSPS) is 10.9. The van der Waals surface area contributed by atoms with Crippen molar-refractivity contribution in [3.63, 3.8) is 0 Å². The van der Waals surface area contributed by atoms with E-state index in [1.807, 2.05) is 24.3 Å². The highest BCUT2D eigenvalue weighted by atomic mass is 16.5. The summed E-state index contributed by atoms with van der Waals surface area (Å²) in [5.74, 6) is -0.289. The van der Waals surface area contributed by atoms with Gasteiger partial charge in [-0.1, -0.05) is 70.1 Å². The summed E-state index contributed by atoms with van der Waals surface area (Å²) in [5, 5.41) is 0. The first kappa shape index (κ1) is 17.5. The van der Waals surface area contributed by atoms with Crippen LogP contribution in [-0.4, -0.2) is 5.97 Å². The van der Waals surface area contributed by atoms with E-state index in [4.69, 9.17) is 4.74 Å². The van der Waals surface area contributed by atoms with Crippen LogP contribution in [0.15, 0.2) is 42.7 Å². The molecular weight excluding hydrogens is 260 g/mol. The van der Waals surface area contributed by atoms with Gasteiger partial charge in [0.25, 0.3) is 0 Å². The Labute approximate surface area is 129 Å². The topological polar surface area (TPSA) is 26.3 Å². The van der Waals surface area contributed by atoms with Crippen LogP contribution in [0.2, 0.25) is 0 Å². The van der Waals surface area contributed by atoms with E-state index in [0.29, 0.717) is 5.56 Å². The Morgan fingerprint density at radius 3 is 2.24 bits per heavy atom. The van der Waals surface area contributed by atoms with E-state index in [0.717, 1.165) is 6.42 Å². The summed E-state index contributed by atoms with van der Waals surface area (Å²) in [6, 6.07) is 9.07. The van der Waals surface area contributed by atoms with Gasteiger partial charge in [0, 0.05) is 0 Å². The van der Waals surface area contributed by atoms with Crippen molar-refractivity contribution in [1.82, 2.24) is 0 Å². The van der Waals surface area contributed by atoms with Crippen LogP contribution in [0.25, 0.3) is 0 Å². The summed E-state index contributed by atoms with van der Waals surface area (Å²) in [4.78, 5) is 11.6. The van der Waals surface area contributed by atoms with E-state index < -0.39 is 0 Å². The summed E-state index contributed by atoms with van der Waals surface area (Å²) in [5.41, 5.74) is 0.592. The standard InChI is InChI=1S/C19H28O2/c1-2-3-4-5-6-7-8-9-10-14-17-21-19(20)18-15-12-11-13-16-18/h11-17H,2-10H2,1H3. The van der Waals surface area contributed by atoms with E-state index in [2.05, 4.69) is 6.92 Å². The fourth-order valence-corrected chi connectivity index (χ4v) is 2.22. The largest absolute Gasteiger partial charge is 0.431 e. The zero-order chi connectivity index (χ0) is 15.2. The van der Waals surface area contributed by atoms with E-state index >= 15 is 0 Å². The summed E-state index contributed by atoms with van der Waals surface area (Å²) in [6.07, 6.45) is 15.0. The zero-order valence-corrected chi connectivity index (χ0v) is 13.2. The van der Waals surface area contributed by atoms with Gasteiger partial charge in [-0.25, -0.2) is 4.79 Å². The van der Waals surface area contributed by atoms with Crippen molar-refractivity contribution in [2.24, 2.45) is 0 Å². The molecule has 2 heteroatoms. The Balaban J connectivity index is 1.97. The molecule has 0 saturated heterocycles. The SMILES string of the molecule is CCCCCCCCCCC=COC(=O)c1ccccc1. The molecule has 0 bridgehead atoms. The third-order valence-corrected chi connectivity index (χ3v) is 3.51. The quantitative estimate of drug-likeness (QED) is 0.288. The lowest BCUT2D eigenvalue weighted by molar-refractivity contribution is 0.0662. The van der Waals surface area contributed by atoms with Gasteiger partial charge in [-0.3, -0.25) is 0 Å². The minimum atomic E-state index is -0.289. The minimum absolute atomic E-state index is 0.289. The highest BCUT2D eigenvalue weighted by Gasteiger charge is 2.02. The summed E-state index contributed by atoms with van der Waals surface area (Å²) >= 11 is 0. The van der Waals surface area contributed by atoms with Crippen LogP contribution < -0.4 is 0 Å². The van der Waals surface area contributed by atoms with Gasteiger partial charge in [0.2, 0.25) is 0 Å². The number of hydrogen-bond acceptors (Lipinski definition) is 2. The predicted octanol–water partition coefficient (Wildman–Crippen LogP) is 5.89. The van der Waals surface area contributed by atoms with Gasteiger partial charge in [0.05, 0.1) is 11.8 Å². The molecule has 0 amide bonds. The molecule has 0 N–H and O–H groups in total.